The monoisotopic (exact) mass is 367 g/mol. The molecular formula is C21H22ClN3O. The third-order valence-electron chi connectivity index (χ3n) is 5.28. The van der Waals surface area contributed by atoms with Crippen molar-refractivity contribution in [1.82, 2.24) is 14.5 Å². The maximum Gasteiger partial charge on any atom is 0.223 e. The van der Waals surface area contributed by atoms with Gasteiger partial charge in [-0.2, -0.15) is 0 Å². The lowest BCUT2D eigenvalue weighted by molar-refractivity contribution is -0.128. The van der Waals surface area contributed by atoms with Crippen LogP contribution < -0.4 is 0 Å². The molecule has 3 aromatic rings. The molecule has 2 aromatic carbocycles. The van der Waals surface area contributed by atoms with Crippen LogP contribution in [0.4, 0.5) is 0 Å². The van der Waals surface area contributed by atoms with Gasteiger partial charge in [0.25, 0.3) is 0 Å². The van der Waals surface area contributed by atoms with Crippen molar-refractivity contribution in [2.45, 2.75) is 39.8 Å². The van der Waals surface area contributed by atoms with E-state index in [2.05, 4.69) is 30.5 Å². The second kappa shape index (κ2) is 6.76. The van der Waals surface area contributed by atoms with Gasteiger partial charge in [0, 0.05) is 24.5 Å². The summed E-state index contributed by atoms with van der Waals surface area (Å²) in [7, 11) is 0. The SMILES string of the molecule is Cc1ccc2c(nc(CN3CCCC3=O)n2Cc2ccc(Cl)cc2)c1C. The largest absolute Gasteiger partial charge is 0.335 e. The third kappa shape index (κ3) is 3.10. The third-order valence-corrected chi connectivity index (χ3v) is 5.53. The van der Waals surface area contributed by atoms with E-state index >= 15 is 0 Å². The predicted octanol–water partition coefficient (Wildman–Crippen LogP) is 4.48. The molecule has 1 saturated heterocycles. The maximum atomic E-state index is 12.1. The number of hydrogen-bond acceptors (Lipinski definition) is 2. The van der Waals surface area contributed by atoms with Crippen molar-refractivity contribution in [3.63, 3.8) is 0 Å². The molecule has 1 amide bonds. The van der Waals surface area contributed by atoms with Crippen LogP contribution in [0.25, 0.3) is 11.0 Å². The molecule has 0 aliphatic carbocycles. The minimum Gasteiger partial charge on any atom is -0.335 e. The van der Waals surface area contributed by atoms with Gasteiger partial charge < -0.3 is 9.47 Å². The Hall–Kier alpha value is -2.33. The molecule has 26 heavy (non-hydrogen) atoms. The summed E-state index contributed by atoms with van der Waals surface area (Å²) >= 11 is 6.02. The summed E-state index contributed by atoms with van der Waals surface area (Å²) in [5, 5.41) is 0.735. The van der Waals surface area contributed by atoms with Crippen LogP contribution >= 0.6 is 11.6 Å². The van der Waals surface area contributed by atoms with Crippen LogP contribution in [0.15, 0.2) is 36.4 Å². The molecule has 2 heterocycles. The predicted molar refractivity (Wildman–Crippen MR) is 104 cm³/mol. The molecule has 1 aliphatic heterocycles. The van der Waals surface area contributed by atoms with Crippen molar-refractivity contribution in [3.8, 4) is 0 Å². The van der Waals surface area contributed by atoms with Crippen LogP contribution in [0, 0.1) is 13.8 Å². The highest BCUT2D eigenvalue weighted by Gasteiger charge is 2.23. The minimum atomic E-state index is 0.225. The quantitative estimate of drug-likeness (QED) is 0.682. The number of rotatable bonds is 4. The van der Waals surface area contributed by atoms with E-state index in [0.717, 1.165) is 34.8 Å². The number of nitrogens with zero attached hydrogens (tertiary/aromatic N) is 3. The summed E-state index contributed by atoms with van der Waals surface area (Å²) in [4.78, 5) is 18.9. The normalized spacial score (nSPS) is 14.6. The van der Waals surface area contributed by atoms with Gasteiger partial charge in [-0.05, 0) is 55.2 Å². The van der Waals surface area contributed by atoms with Crippen molar-refractivity contribution in [2.75, 3.05) is 6.54 Å². The van der Waals surface area contributed by atoms with Crippen molar-refractivity contribution >= 4 is 28.5 Å². The number of benzene rings is 2. The highest BCUT2D eigenvalue weighted by molar-refractivity contribution is 6.30. The van der Waals surface area contributed by atoms with E-state index in [0.29, 0.717) is 19.5 Å². The van der Waals surface area contributed by atoms with Gasteiger partial charge in [0.2, 0.25) is 5.91 Å². The fourth-order valence-corrected chi connectivity index (χ4v) is 3.71. The minimum absolute atomic E-state index is 0.225. The summed E-state index contributed by atoms with van der Waals surface area (Å²) in [6.07, 6.45) is 1.59. The number of carbonyl (C=O) groups excluding carboxylic acids is 1. The summed E-state index contributed by atoms with van der Waals surface area (Å²) in [6, 6.07) is 12.2. The first-order valence-corrected chi connectivity index (χ1v) is 9.38. The van der Waals surface area contributed by atoms with Crippen LogP contribution in [0.5, 0.6) is 0 Å². The zero-order valence-corrected chi connectivity index (χ0v) is 15.9. The van der Waals surface area contributed by atoms with Crippen molar-refractivity contribution in [3.05, 3.63) is 63.9 Å². The molecule has 4 rings (SSSR count). The average molecular weight is 368 g/mol. The molecule has 1 fully saturated rings. The molecule has 0 bridgehead atoms. The molecule has 0 unspecified atom stereocenters. The van der Waals surface area contributed by atoms with Gasteiger partial charge in [-0.3, -0.25) is 4.79 Å². The number of aryl methyl sites for hydroxylation is 2. The Morgan fingerprint density at radius 2 is 1.85 bits per heavy atom. The second-order valence-corrected chi connectivity index (χ2v) is 7.47. The maximum absolute atomic E-state index is 12.1. The lowest BCUT2D eigenvalue weighted by atomic mass is 10.1. The first-order valence-electron chi connectivity index (χ1n) is 9.00. The van der Waals surface area contributed by atoms with Crippen LogP contribution in [0.2, 0.25) is 5.02 Å². The Bertz CT molecular complexity index is 975. The number of hydrogen-bond donors (Lipinski definition) is 0. The Morgan fingerprint density at radius 3 is 2.54 bits per heavy atom. The second-order valence-electron chi connectivity index (χ2n) is 7.03. The van der Waals surface area contributed by atoms with Crippen LogP contribution in [-0.4, -0.2) is 26.9 Å². The number of halogens is 1. The average Bonchev–Trinajstić information content (AvgIpc) is 3.18. The van der Waals surface area contributed by atoms with Crippen molar-refractivity contribution in [2.24, 2.45) is 0 Å². The molecule has 0 spiro atoms. The number of carbonyl (C=O) groups is 1. The molecule has 0 N–H and O–H groups in total. The van der Waals surface area contributed by atoms with Gasteiger partial charge >= 0.3 is 0 Å². The molecule has 134 valence electrons. The Balaban J connectivity index is 1.79. The summed E-state index contributed by atoms with van der Waals surface area (Å²) in [6.45, 7) is 6.33. The number of aromatic nitrogens is 2. The lowest BCUT2D eigenvalue weighted by Crippen LogP contribution is -2.26. The highest BCUT2D eigenvalue weighted by atomic mass is 35.5. The Morgan fingerprint density at radius 1 is 1.08 bits per heavy atom. The molecule has 5 heteroatoms. The molecule has 1 aliphatic rings. The number of amides is 1. The first-order chi connectivity index (χ1) is 12.5. The molecule has 4 nitrogen and oxygen atoms in total. The van der Waals surface area contributed by atoms with Gasteiger partial charge in [0.15, 0.2) is 0 Å². The van der Waals surface area contributed by atoms with Gasteiger partial charge in [-0.15, -0.1) is 0 Å². The van der Waals surface area contributed by atoms with E-state index in [1.807, 2.05) is 29.2 Å². The van der Waals surface area contributed by atoms with Crippen LogP contribution in [0.1, 0.15) is 35.4 Å². The topological polar surface area (TPSA) is 38.1 Å². The number of likely N-dealkylation sites (tertiary alicyclic amines) is 1. The highest BCUT2D eigenvalue weighted by Crippen LogP contribution is 2.25. The molecule has 1 aromatic heterocycles. The summed E-state index contributed by atoms with van der Waals surface area (Å²) < 4.78 is 2.23. The van der Waals surface area contributed by atoms with Crippen LogP contribution in [0.3, 0.4) is 0 Å². The first kappa shape index (κ1) is 17.1. The molecule has 0 radical (unpaired) electrons. The standard InChI is InChI=1S/C21H22ClN3O/c1-14-5-10-18-21(15(14)2)23-19(13-24-11-3-4-20(24)26)25(18)12-16-6-8-17(22)9-7-16/h5-10H,3-4,11-13H2,1-2H3. The smallest absolute Gasteiger partial charge is 0.223 e. The Labute approximate surface area is 158 Å². The Kier molecular flexibility index (Phi) is 4.45. The van der Waals surface area contributed by atoms with Gasteiger partial charge in [-0.1, -0.05) is 29.8 Å². The van der Waals surface area contributed by atoms with Gasteiger partial charge in [0.1, 0.15) is 5.82 Å². The van der Waals surface area contributed by atoms with Gasteiger partial charge in [-0.25, -0.2) is 4.98 Å². The molecule has 0 saturated carbocycles. The number of fused-ring (bicyclic) bond motifs is 1. The van der Waals surface area contributed by atoms with E-state index in [4.69, 9.17) is 16.6 Å². The van der Waals surface area contributed by atoms with E-state index < -0.39 is 0 Å². The number of imidazole rings is 1. The zero-order chi connectivity index (χ0) is 18.3. The van der Waals surface area contributed by atoms with E-state index in [-0.39, 0.29) is 5.91 Å². The van der Waals surface area contributed by atoms with Gasteiger partial charge in [0.05, 0.1) is 17.6 Å². The molecule has 0 atom stereocenters. The van der Waals surface area contributed by atoms with E-state index in [1.165, 1.54) is 16.7 Å². The van der Waals surface area contributed by atoms with E-state index in [1.54, 1.807) is 0 Å². The fraction of sp³-hybridized carbons (Fsp3) is 0.333. The zero-order valence-electron chi connectivity index (χ0n) is 15.1. The van der Waals surface area contributed by atoms with Crippen molar-refractivity contribution in [1.29, 1.82) is 0 Å². The van der Waals surface area contributed by atoms with Crippen LogP contribution in [-0.2, 0) is 17.9 Å². The lowest BCUT2D eigenvalue weighted by Gasteiger charge is -2.17. The van der Waals surface area contributed by atoms with Crippen molar-refractivity contribution < 1.29 is 4.79 Å². The summed E-state index contributed by atoms with van der Waals surface area (Å²) in [5.41, 5.74) is 5.75. The fourth-order valence-electron chi connectivity index (χ4n) is 3.59. The summed E-state index contributed by atoms with van der Waals surface area (Å²) in [5.74, 6) is 1.17. The van der Waals surface area contributed by atoms with E-state index in [9.17, 15) is 4.79 Å². The molecular weight excluding hydrogens is 346 g/mol.